The SMILES string of the molecule is Cc1nnc(-c2c(CCC3CCOCC3)nc3c(c2-c2cc4ccnc(N[C@H]5CCc6ncccc65)c4s2)S(=O)(=O)C[C@H]3C)o1. The van der Waals surface area contributed by atoms with Crippen LogP contribution in [0.2, 0.25) is 0 Å². The van der Waals surface area contributed by atoms with Crippen molar-refractivity contribution in [2.24, 2.45) is 5.92 Å². The fourth-order valence-electron chi connectivity index (χ4n) is 7.12. The van der Waals surface area contributed by atoms with E-state index >= 15 is 0 Å². The molecule has 0 spiro atoms. The molecule has 1 aliphatic carbocycles. The molecule has 0 radical (unpaired) electrons. The molecule has 0 bridgehead atoms. The molecule has 3 aliphatic rings. The van der Waals surface area contributed by atoms with Crippen molar-refractivity contribution in [3.63, 3.8) is 0 Å². The van der Waals surface area contributed by atoms with Crippen molar-refractivity contribution in [1.82, 2.24) is 25.1 Å². The minimum atomic E-state index is -3.61. The van der Waals surface area contributed by atoms with Crippen LogP contribution in [0.15, 0.2) is 46.0 Å². The Labute approximate surface area is 265 Å². The van der Waals surface area contributed by atoms with E-state index in [1.165, 1.54) is 5.56 Å². The summed E-state index contributed by atoms with van der Waals surface area (Å²) >= 11 is 1.54. The summed E-state index contributed by atoms with van der Waals surface area (Å²) in [6, 6.07) is 8.26. The highest BCUT2D eigenvalue weighted by Crippen LogP contribution is 2.50. The monoisotopic (exact) mass is 642 g/mol. The second-order valence-corrected chi connectivity index (χ2v) is 15.4. The molecule has 7 heterocycles. The second-order valence-electron chi connectivity index (χ2n) is 12.4. The van der Waals surface area contributed by atoms with Gasteiger partial charge in [0.2, 0.25) is 11.8 Å². The Bertz CT molecular complexity index is 2030. The maximum Gasteiger partial charge on any atom is 0.250 e. The molecule has 0 aromatic carbocycles. The van der Waals surface area contributed by atoms with Crippen molar-refractivity contribution in [2.45, 2.75) is 69.2 Å². The van der Waals surface area contributed by atoms with E-state index < -0.39 is 9.84 Å². The maximum absolute atomic E-state index is 13.8. The molecule has 8 rings (SSSR count). The van der Waals surface area contributed by atoms with Gasteiger partial charge >= 0.3 is 0 Å². The summed E-state index contributed by atoms with van der Waals surface area (Å²) in [5.74, 6) is 1.84. The number of sulfone groups is 1. The normalized spacial score (nSPS) is 20.8. The van der Waals surface area contributed by atoms with Gasteiger partial charge in [-0.1, -0.05) is 13.0 Å². The number of nitrogens with zero attached hydrogens (tertiary/aromatic N) is 5. The molecule has 0 amide bonds. The van der Waals surface area contributed by atoms with Gasteiger partial charge in [0.1, 0.15) is 5.82 Å². The predicted octanol–water partition coefficient (Wildman–Crippen LogP) is 6.46. The quantitative estimate of drug-likeness (QED) is 0.211. The Morgan fingerprint density at radius 1 is 1.07 bits per heavy atom. The summed E-state index contributed by atoms with van der Waals surface area (Å²) in [7, 11) is -3.61. The van der Waals surface area contributed by atoms with Gasteiger partial charge in [0, 0.05) is 54.6 Å². The van der Waals surface area contributed by atoms with Gasteiger partial charge in [-0.15, -0.1) is 21.5 Å². The van der Waals surface area contributed by atoms with E-state index in [1.807, 2.05) is 25.3 Å². The third kappa shape index (κ3) is 5.12. The van der Waals surface area contributed by atoms with Crippen LogP contribution in [0.1, 0.15) is 73.1 Å². The molecular weight excluding hydrogens is 609 g/mol. The van der Waals surface area contributed by atoms with E-state index in [0.29, 0.717) is 45.8 Å². The number of aromatic nitrogens is 5. The number of hydrogen-bond acceptors (Lipinski definition) is 11. The van der Waals surface area contributed by atoms with Crippen LogP contribution in [0, 0.1) is 12.8 Å². The number of nitrogens with one attached hydrogen (secondary N) is 1. The van der Waals surface area contributed by atoms with E-state index in [0.717, 1.165) is 77.5 Å². The largest absolute Gasteiger partial charge is 0.421 e. The van der Waals surface area contributed by atoms with Gasteiger partial charge < -0.3 is 14.5 Å². The van der Waals surface area contributed by atoms with Crippen LogP contribution in [-0.4, -0.2) is 52.5 Å². The van der Waals surface area contributed by atoms with Crippen LogP contribution in [-0.2, 0) is 27.4 Å². The topological polar surface area (TPSA) is 133 Å². The molecule has 0 saturated carbocycles. The lowest BCUT2D eigenvalue weighted by atomic mass is 9.91. The molecule has 5 aromatic heterocycles. The number of aryl methyl sites for hydroxylation is 3. The molecular formula is C33H34N6O4S2. The lowest BCUT2D eigenvalue weighted by Gasteiger charge is -2.22. The third-order valence-electron chi connectivity index (χ3n) is 9.33. The van der Waals surface area contributed by atoms with Gasteiger partial charge in [0.15, 0.2) is 9.84 Å². The number of ether oxygens (including phenoxy) is 1. The van der Waals surface area contributed by atoms with E-state index in [1.54, 1.807) is 24.5 Å². The molecule has 232 valence electrons. The minimum absolute atomic E-state index is 0.0302. The third-order valence-corrected chi connectivity index (χ3v) is 12.5. The Morgan fingerprint density at radius 2 is 1.93 bits per heavy atom. The van der Waals surface area contributed by atoms with Crippen molar-refractivity contribution in [2.75, 3.05) is 24.3 Å². The average molecular weight is 643 g/mol. The summed E-state index contributed by atoms with van der Waals surface area (Å²) in [5.41, 5.74) is 5.01. The molecule has 10 nitrogen and oxygen atoms in total. The number of pyridine rings is 3. The minimum Gasteiger partial charge on any atom is -0.421 e. The fraction of sp³-hybridized carbons (Fsp3) is 0.424. The van der Waals surface area contributed by atoms with Crippen LogP contribution in [0.3, 0.4) is 0 Å². The van der Waals surface area contributed by atoms with Crippen LogP contribution in [0.5, 0.6) is 0 Å². The Hall–Kier alpha value is -3.74. The molecule has 1 saturated heterocycles. The number of anilines is 1. The van der Waals surface area contributed by atoms with Crippen molar-refractivity contribution in [3.05, 3.63) is 65.2 Å². The lowest BCUT2D eigenvalue weighted by molar-refractivity contribution is 0.0639. The maximum atomic E-state index is 13.8. The number of thiophene rings is 1. The van der Waals surface area contributed by atoms with E-state index in [4.69, 9.17) is 19.1 Å². The molecule has 2 aliphatic heterocycles. The van der Waals surface area contributed by atoms with Crippen LogP contribution >= 0.6 is 11.3 Å². The zero-order chi connectivity index (χ0) is 30.7. The molecule has 0 unspecified atom stereocenters. The van der Waals surface area contributed by atoms with Gasteiger partial charge in [-0.25, -0.2) is 13.4 Å². The molecule has 12 heteroatoms. The molecule has 1 N–H and O–H groups in total. The van der Waals surface area contributed by atoms with E-state index in [9.17, 15) is 8.42 Å². The van der Waals surface area contributed by atoms with Gasteiger partial charge in [0.05, 0.1) is 38.3 Å². The summed E-state index contributed by atoms with van der Waals surface area (Å²) in [5, 5.41) is 13.2. The van der Waals surface area contributed by atoms with Crippen molar-refractivity contribution >= 4 is 37.1 Å². The zero-order valence-corrected chi connectivity index (χ0v) is 26.9. The summed E-state index contributed by atoms with van der Waals surface area (Å²) in [6.07, 6.45) is 9.14. The Kier molecular flexibility index (Phi) is 7.18. The number of hydrogen-bond donors (Lipinski definition) is 1. The first-order chi connectivity index (χ1) is 21.9. The van der Waals surface area contributed by atoms with Gasteiger partial charge in [-0.05, 0) is 73.6 Å². The summed E-state index contributed by atoms with van der Waals surface area (Å²) < 4.78 is 40.3. The molecule has 2 atom stereocenters. The second kappa shape index (κ2) is 11.3. The first-order valence-corrected chi connectivity index (χ1v) is 18.1. The Balaban J connectivity index is 1.29. The average Bonchev–Trinajstić information content (AvgIpc) is 3.81. The van der Waals surface area contributed by atoms with Crippen LogP contribution < -0.4 is 5.32 Å². The highest BCUT2D eigenvalue weighted by molar-refractivity contribution is 7.92. The first-order valence-electron chi connectivity index (χ1n) is 15.6. The van der Waals surface area contributed by atoms with Gasteiger partial charge in [-0.3, -0.25) is 9.97 Å². The smallest absolute Gasteiger partial charge is 0.250 e. The van der Waals surface area contributed by atoms with Crippen LogP contribution in [0.4, 0.5) is 5.82 Å². The van der Waals surface area contributed by atoms with Crippen molar-refractivity contribution < 1.29 is 17.6 Å². The van der Waals surface area contributed by atoms with Crippen molar-refractivity contribution in [3.8, 4) is 21.9 Å². The summed E-state index contributed by atoms with van der Waals surface area (Å²) in [4.78, 5) is 15.5. The molecule has 5 aromatic rings. The fourth-order valence-corrected chi connectivity index (χ4v) is 10.4. The van der Waals surface area contributed by atoms with Gasteiger partial charge in [0.25, 0.3) is 0 Å². The molecule has 1 fully saturated rings. The highest BCUT2D eigenvalue weighted by Gasteiger charge is 2.40. The molecule has 45 heavy (non-hydrogen) atoms. The zero-order valence-electron chi connectivity index (χ0n) is 25.2. The van der Waals surface area contributed by atoms with E-state index in [-0.39, 0.29) is 17.7 Å². The highest BCUT2D eigenvalue weighted by atomic mass is 32.2. The van der Waals surface area contributed by atoms with Crippen LogP contribution in [0.25, 0.3) is 32.0 Å². The Morgan fingerprint density at radius 3 is 2.76 bits per heavy atom. The van der Waals surface area contributed by atoms with E-state index in [2.05, 4.69) is 32.6 Å². The van der Waals surface area contributed by atoms with Gasteiger partial charge in [-0.2, -0.15) is 0 Å². The standard InChI is InChI=1S/C33H34N6O4S2/c1-18-17-45(40,41)31-28(27(33-39-38-19(2)43-33)25(36-29(18)31)6-5-20-10-14-42-15-11-20)26-16-21-9-13-35-32(30(21)44-26)37-24-8-7-23-22(24)4-3-12-34-23/h3-4,9,12-13,16,18,20,24H,5-8,10-11,14-15,17H2,1-2H3,(H,35,37)/t18-,24+/m1/s1. The number of rotatable bonds is 7. The van der Waals surface area contributed by atoms with Crippen molar-refractivity contribution in [1.29, 1.82) is 0 Å². The lowest BCUT2D eigenvalue weighted by Crippen LogP contribution is -2.17. The predicted molar refractivity (Wildman–Crippen MR) is 172 cm³/mol. The summed E-state index contributed by atoms with van der Waals surface area (Å²) in [6.45, 7) is 5.24. The first kappa shape index (κ1) is 28.7. The number of fused-ring (bicyclic) bond motifs is 3.